The van der Waals surface area contributed by atoms with Crippen molar-refractivity contribution >= 4 is 50.2 Å². The molecule has 2 amide bonds. The lowest BCUT2D eigenvalue weighted by Gasteiger charge is -2.29. The van der Waals surface area contributed by atoms with E-state index in [0.29, 0.717) is 26.5 Å². The Morgan fingerprint density at radius 3 is 2.85 bits per heavy atom. The molecule has 0 saturated carbocycles. The molecule has 1 aliphatic heterocycles. The minimum atomic E-state index is -0.475. The quantitative estimate of drug-likeness (QED) is 0.609. The fraction of sp³-hybridized carbons (Fsp3) is 0.417. The van der Waals surface area contributed by atoms with Crippen molar-refractivity contribution in [2.45, 2.75) is 26.2 Å². The number of rotatable bonds is 5. The minimum absolute atomic E-state index is 0.101. The zero-order valence-electron chi connectivity index (χ0n) is 11.3. The number of pyridine rings is 1. The van der Waals surface area contributed by atoms with Crippen molar-refractivity contribution < 1.29 is 9.59 Å². The van der Waals surface area contributed by atoms with E-state index in [1.54, 1.807) is 12.4 Å². The van der Waals surface area contributed by atoms with E-state index >= 15 is 0 Å². The van der Waals surface area contributed by atoms with E-state index in [1.807, 2.05) is 0 Å². The molecule has 4 nitrogen and oxygen atoms in total. The summed E-state index contributed by atoms with van der Waals surface area (Å²) in [6, 6.07) is 0. The van der Waals surface area contributed by atoms with E-state index in [-0.39, 0.29) is 11.8 Å². The number of amides is 2. The van der Waals surface area contributed by atoms with Gasteiger partial charge in [0.15, 0.2) is 0 Å². The Morgan fingerprint density at radius 1 is 1.45 bits per heavy atom. The molecule has 0 aromatic carbocycles. The van der Waals surface area contributed by atoms with Gasteiger partial charge in [-0.3, -0.25) is 19.5 Å². The number of fused-ring (bicyclic) bond motifs is 1. The van der Waals surface area contributed by atoms with Gasteiger partial charge in [-0.15, -0.1) is 17.9 Å². The van der Waals surface area contributed by atoms with Gasteiger partial charge in [0.05, 0.1) is 12.0 Å². The van der Waals surface area contributed by atoms with Crippen LogP contribution in [0.4, 0.5) is 0 Å². The highest BCUT2D eigenvalue weighted by atomic mass is 32.6. The smallest absolute Gasteiger partial charge is 0.261 e. The SMILES string of the molecule is CCCCN1C(=O)Cc2cncc(P(P)PP)c2C1=O. The Balaban J connectivity index is 2.41. The molecule has 2 heterocycles. The van der Waals surface area contributed by atoms with E-state index in [9.17, 15) is 9.59 Å². The van der Waals surface area contributed by atoms with Gasteiger partial charge in [0, 0.05) is 24.2 Å². The lowest BCUT2D eigenvalue weighted by Crippen LogP contribution is -2.44. The number of carbonyl (C=O) groups excluding carboxylic acids is 2. The molecule has 0 aliphatic carbocycles. The van der Waals surface area contributed by atoms with Crippen LogP contribution in [0.3, 0.4) is 0 Å². The lowest BCUT2D eigenvalue weighted by atomic mass is 10.0. The molecule has 0 bridgehead atoms. The largest absolute Gasteiger partial charge is 0.278 e. The van der Waals surface area contributed by atoms with Crippen molar-refractivity contribution in [3.63, 3.8) is 0 Å². The number of hydrogen-bond donors (Lipinski definition) is 0. The third kappa shape index (κ3) is 3.26. The number of aromatic nitrogens is 1. The average Bonchev–Trinajstić information content (AvgIpc) is 2.45. The lowest BCUT2D eigenvalue weighted by molar-refractivity contribution is -0.128. The van der Waals surface area contributed by atoms with Crippen LogP contribution in [-0.2, 0) is 11.2 Å². The van der Waals surface area contributed by atoms with Crippen LogP contribution >= 0.6 is 33.1 Å². The standard InChI is InChI=1S/C12H18N2O2P4/c1-2-3-4-14-10(15)5-8-6-13-7-9(20(18)19-17)11(8)12(14)16/h6-7,19H,2-5,17-18H2,1H3. The maximum absolute atomic E-state index is 12.6. The predicted octanol–water partition coefficient (Wildman–Crippen LogP) is 2.69. The number of imide groups is 1. The summed E-state index contributed by atoms with van der Waals surface area (Å²) in [5, 5.41) is 0.995. The van der Waals surface area contributed by atoms with Crippen LogP contribution in [0.5, 0.6) is 0 Å². The first-order valence-electron chi connectivity index (χ1n) is 6.42. The third-order valence-electron chi connectivity index (χ3n) is 3.24. The molecule has 108 valence electrons. The van der Waals surface area contributed by atoms with Gasteiger partial charge < -0.3 is 0 Å². The van der Waals surface area contributed by atoms with Crippen LogP contribution in [0.15, 0.2) is 12.4 Å². The molecule has 4 atom stereocenters. The molecule has 0 fully saturated rings. The number of unbranched alkanes of at least 4 members (excludes halogenated alkanes) is 1. The van der Waals surface area contributed by atoms with Crippen molar-refractivity contribution in [3.05, 3.63) is 23.5 Å². The third-order valence-corrected chi connectivity index (χ3v) is 13.3. The van der Waals surface area contributed by atoms with Gasteiger partial charge in [-0.2, -0.15) is 0 Å². The van der Waals surface area contributed by atoms with Crippen molar-refractivity contribution in [2.24, 2.45) is 0 Å². The molecule has 1 aliphatic rings. The second kappa shape index (κ2) is 7.33. The summed E-state index contributed by atoms with van der Waals surface area (Å²) in [7, 11) is 5.73. The normalized spacial score (nSPS) is 16.9. The zero-order chi connectivity index (χ0) is 14.7. The topological polar surface area (TPSA) is 50.3 Å². The summed E-state index contributed by atoms with van der Waals surface area (Å²) in [6.07, 6.45) is 5.55. The van der Waals surface area contributed by atoms with Gasteiger partial charge >= 0.3 is 0 Å². The van der Waals surface area contributed by atoms with Crippen molar-refractivity contribution in [2.75, 3.05) is 6.54 Å². The molecule has 8 heteroatoms. The van der Waals surface area contributed by atoms with Gasteiger partial charge in [-0.1, -0.05) is 21.3 Å². The Labute approximate surface area is 126 Å². The highest BCUT2D eigenvalue weighted by Gasteiger charge is 2.33. The summed E-state index contributed by atoms with van der Waals surface area (Å²) >= 11 is 0. The van der Waals surface area contributed by atoms with Gasteiger partial charge in [0.2, 0.25) is 5.91 Å². The fourth-order valence-corrected chi connectivity index (χ4v) is 5.75. The van der Waals surface area contributed by atoms with Crippen LogP contribution in [0.25, 0.3) is 0 Å². The predicted molar refractivity (Wildman–Crippen MR) is 93.2 cm³/mol. The molecule has 0 N–H and O–H groups in total. The highest BCUT2D eigenvalue weighted by Crippen LogP contribution is 2.65. The van der Waals surface area contributed by atoms with Crippen LogP contribution in [0, 0.1) is 0 Å². The van der Waals surface area contributed by atoms with E-state index in [0.717, 1.165) is 23.7 Å². The molecular formula is C12H18N2O2P4. The fourth-order valence-electron chi connectivity index (χ4n) is 2.17. The van der Waals surface area contributed by atoms with Crippen molar-refractivity contribution in [1.82, 2.24) is 9.88 Å². The molecule has 20 heavy (non-hydrogen) atoms. The second-order valence-electron chi connectivity index (χ2n) is 4.57. The van der Waals surface area contributed by atoms with Gasteiger partial charge in [0.25, 0.3) is 5.91 Å². The van der Waals surface area contributed by atoms with E-state index in [4.69, 9.17) is 0 Å². The van der Waals surface area contributed by atoms with Gasteiger partial charge in [-0.05, 0) is 19.3 Å². The molecule has 2 rings (SSSR count). The maximum atomic E-state index is 12.6. The average molecular weight is 346 g/mol. The molecule has 0 saturated heterocycles. The number of hydrogen-bond acceptors (Lipinski definition) is 3. The Kier molecular flexibility index (Phi) is 6.00. The summed E-state index contributed by atoms with van der Waals surface area (Å²) in [4.78, 5) is 30.4. The molecule has 0 spiro atoms. The van der Waals surface area contributed by atoms with Crippen molar-refractivity contribution in [1.29, 1.82) is 0 Å². The number of carbonyl (C=O) groups is 2. The van der Waals surface area contributed by atoms with Gasteiger partial charge in [0.1, 0.15) is 0 Å². The maximum Gasteiger partial charge on any atom is 0.261 e. The van der Waals surface area contributed by atoms with Crippen LogP contribution < -0.4 is 5.30 Å². The minimum Gasteiger partial charge on any atom is -0.278 e. The summed E-state index contributed by atoms with van der Waals surface area (Å²) in [5.41, 5.74) is 1.50. The van der Waals surface area contributed by atoms with Crippen molar-refractivity contribution in [3.8, 4) is 0 Å². The first-order chi connectivity index (χ1) is 9.60. The van der Waals surface area contributed by atoms with E-state index < -0.39 is 7.30 Å². The van der Waals surface area contributed by atoms with Gasteiger partial charge in [-0.25, -0.2) is 0 Å². The molecular weight excluding hydrogens is 328 g/mol. The van der Waals surface area contributed by atoms with Crippen LogP contribution in [0.2, 0.25) is 0 Å². The highest BCUT2D eigenvalue weighted by molar-refractivity contribution is 8.63. The first-order valence-corrected chi connectivity index (χ1v) is 13.0. The molecule has 0 radical (unpaired) electrons. The number of nitrogens with zero attached hydrogens (tertiary/aromatic N) is 2. The summed E-state index contributed by atoms with van der Waals surface area (Å²) in [6.45, 7) is 2.58. The summed E-state index contributed by atoms with van der Waals surface area (Å²) < 4.78 is 0. The second-order valence-corrected chi connectivity index (χ2v) is 13.7. The van der Waals surface area contributed by atoms with E-state index in [2.05, 4.69) is 29.8 Å². The zero-order valence-corrected chi connectivity index (χ0v) is 15.5. The Morgan fingerprint density at radius 2 is 2.20 bits per heavy atom. The Bertz CT molecular complexity index is 538. The molecule has 1 aromatic heterocycles. The first kappa shape index (κ1) is 16.4. The molecule has 4 unspecified atom stereocenters. The van der Waals surface area contributed by atoms with E-state index in [1.165, 1.54) is 4.90 Å². The Hall–Kier alpha value is 0.01000. The summed E-state index contributed by atoms with van der Waals surface area (Å²) in [5.74, 6) is -0.239. The monoisotopic (exact) mass is 346 g/mol. The van der Waals surface area contributed by atoms with Crippen LogP contribution in [0.1, 0.15) is 35.7 Å². The molecule has 1 aromatic rings. The van der Waals surface area contributed by atoms with Crippen LogP contribution in [-0.4, -0.2) is 28.2 Å².